The van der Waals surface area contributed by atoms with Gasteiger partial charge in [0, 0.05) is 5.92 Å². The molecule has 1 fully saturated rings. The molecule has 1 heteroatoms. The van der Waals surface area contributed by atoms with Crippen LogP contribution in [0.3, 0.4) is 0 Å². The summed E-state index contributed by atoms with van der Waals surface area (Å²) >= 11 is 0. The maximum absolute atomic E-state index is 9.03. The van der Waals surface area contributed by atoms with Crippen LogP contribution in [0.25, 0.3) is 0 Å². The first-order valence-corrected chi connectivity index (χ1v) is 5.88. The Morgan fingerprint density at radius 1 is 1.25 bits per heavy atom. The van der Waals surface area contributed by atoms with E-state index in [2.05, 4.69) is 58.0 Å². The Kier molecular flexibility index (Phi) is 2.35. The van der Waals surface area contributed by atoms with Crippen molar-refractivity contribution in [3.05, 3.63) is 35.4 Å². The van der Waals surface area contributed by atoms with Gasteiger partial charge in [-0.2, -0.15) is 5.26 Å². The molecule has 16 heavy (non-hydrogen) atoms. The van der Waals surface area contributed by atoms with Crippen molar-refractivity contribution in [2.45, 2.75) is 45.4 Å². The summed E-state index contributed by atoms with van der Waals surface area (Å²) in [6.07, 6.45) is 1.01. The summed E-state index contributed by atoms with van der Waals surface area (Å²) in [7, 11) is 0. The lowest BCUT2D eigenvalue weighted by Crippen LogP contribution is -2.10. The quantitative estimate of drug-likeness (QED) is 0.691. The summed E-state index contributed by atoms with van der Waals surface area (Å²) in [5, 5.41) is 9.03. The van der Waals surface area contributed by atoms with E-state index in [-0.39, 0.29) is 10.8 Å². The van der Waals surface area contributed by atoms with Crippen molar-refractivity contribution in [3.8, 4) is 6.07 Å². The number of hydrogen-bond acceptors (Lipinski definition) is 1. The van der Waals surface area contributed by atoms with Crippen molar-refractivity contribution in [2.75, 3.05) is 0 Å². The molecule has 0 aliphatic heterocycles. The highest BCUT2D eigenvalue weighted by Crippen LogP contribution is 2.58. The van der Waals surface area contributed by atoms with E-state index in [0.717, 1.165) is 6.42 Å². The Morgan fingerprint density at radius 3 is 2.19 bits per heavy atom. The van der Waals surface area contributed by atoms with Gasteiger partial charge in [0.2, 0.25) is 0 Å². The zero-order chi connectivity index (χ0) is 12.0. The van der Waals surface area contributed by atoms with Crippen LogP contribution in [-0.4, -0.2) is 0 Å². The second-order valence-corrected chi connectivity index (χ2v) is 6.16. The van der Waals surface area contributed by atoms with E-state index in [0.29, 0.717) is 5.92 Å². The van der Waals surface area contributed by atoms with Gasteiger partial charge in [-0.3, -0.25) is 0 Å². The molecular formula is C15H19N. The van der Waals surface area contributed by atoms with Gasteiger partial charge in [0.1, 0.15) is 0 Å². The molecule has 0 radical (unpaired) electrons. The smallest absolute Gasteiger partial charge is 0.0693 e. The molecule has 1 aliphatic carbocycles. The molecule has 2 unspecified atom stereocenters. The van der Waals surface area contributed by atoms with Crippen molar-refractivity contribution in [2.24, 2.45) is 5.41 Å². The van der Waals surface area contributed by atoms with Crippen LogP contribution < -0.4 is 0 Å². The van der Waals surface area contributed by atoms with Crippen LogP contribution in [-0.2, 0) is 5.41 Å². The normalized spacial score (nSPS) is 28.6. The fourth-order valence-electron chi connectivity index (χ4n) is 2.19. The van der Waals surface area contributed by atoms with Crippen molar-refractivity contribution in [1.82, 2.24) is 0 Å². The molecular weight excluding hydrogens is 194 g/mol. The molecule has 1 aromatic carbocycles. The predicted molar refractivity (Wildman–Crippen MR) is 66.2 cm³/mol. The molecule has 84 valence electrons. The molecule has 0 aromatic heterocycles. The molecule has 0 N–H and O–H groups in total. The highest BCUT2D eigenvalue weighted by atomic mass is 14.5. The molecule has 0 amide bonds. The minimum Gasteiger partial charge on any atom is -0.198 e. The monoisotopic (exact) mass is 213 g/mol. The van der Waals surface area contributed by atoms with Crippen molar-refractivity contribution in [3.63, 3.8) is 0 Å². The molecule has 1 aromatic rings. The molecule has 0 saturated heterocycles. The standard InChI is InChI=1S/C15H19N/c1-14(2,3)12-7-5-11(6-8-12)13-9-15(13,4)10-16/h5-8,13H,9H2,1-4H3. The van der Waals surface area contributed by atoms with E-state index in [1.165, 1.54) is 11.1 Å². The Bertz CT molecular complexity index is 430. The van der Waals surface area contributed by atoms with Gasteiger partial charge in [-0.05, 0) is 29.9 Å². The van der Waals surface area contributed by atoms with E-state index in [9.17, 15) is 0 Å². The Labute approximate surface area is 98.1 Å². The first kappa shape index (κ1) is 11.2. The van der Waals surface area contributed by atoms with E-state index in [1.54, 1.807) is 0 Å². The molecule has 2 rings (SSSR count). The Hall–Kier alpha value is -1.29. The third-order valence-electron chi connectivity index (χ3n) is 3.67. The second kappa shape index (κ2) is 3.35. The van der Waals surface area contributed by atoms with Gasteiger partial charge in [0.15, 0.2) is 0 Å². The highest BCUT2D eigenvalue weighted by Gasteiger charge is 2.51. The van der Waals surface area contributed by atoms with Gasteiger partial charge >= 0.3 is 0 Å². The fraction of sp³-hybridized carbons (Fsp3) is 0.533. The van der Waals surface area contributed by atoms with Crippen LogP contribution in [0.5, 0.6) is 0 Å². The number of hydrogen-bond donors (Lipinski definition) is 0. The summed E-state index contributed by atoms with van der Waals surface area (Å²) in [5.41, 5.74) is 2.77. The lowest BCUT2D eigenvalue weighted by Gasteiger charge is -2.19. The largest absolute Gasteiger partial charge is 0.198 e. The van der Waals surface area contributed by atoms with Crippen molar-refractivity contribution >= 4 is 0 Å². The molecule has 0 heterocycles. The van der Waals surface area contributed by atoms with Gasteiger partial charge in [0.05, 0.1) is 11.5 Å². The molecule has 0 spiro atoms. The minimum atomic E-state index is -0.108. The minimum absolute atomic E-state index is 0.108. The van der Waals surface area contributed by atoms with Crippen molar-refractivity contribution in [1.29, 1.82) is 5.26 Å². The lowest BCUT2D eigenvalue weighted by molar-refractivity contribution is 0.590. The summed E-state index contributed by atoms with van der Waals surface area (Å²) < 4.78 is 0. The van der Waals surface area contributed by atoms with Gasteiger partial charge in [-0.1, -0.05) is 45.0 Å². The summed E-state index contributed by atoms with van der Waals surface area (Å²) in [6, 6.07) is 11.2. The SMILES string of the molecule is CC(C)(C)c1ccc(C2CC2(C)C#N)cc1. The third-order valence-corrected chi connectivity index (χ3v) is 3.67. The Morgan fingerprint density at radius 2 is 1.81 bits per heavy atom. The molecule has 1 nitrogen and oxygen atoms in total. The third kappa shape index (κ3) is 1.85. The topological polar surface area (TPSA) is 23.8 Å². The van der Waals surface area contributed by atoms with Gasteiger partial charge in [-0.15, -0.1) is 0 Å². The van der Waals surface area contributed by atoms with Gasteiger partial charge in [-0.25, -0.2) is 0 Å². The van der Waals surface area contributed by atoms with E-state index < -0.39 is 0 Å². The number of rotatable bonds is 1. The predicted octanol–water partition coefficient (Wildman–Crippen LogP) is 4.00. The fourth-order valence-corrected chi connectivity index (χ4v) is 2.19. The number of benzene rings is 1. The highest BCUT2D eigenvalue weighted by molar-refractivity contribution is 5.37. The maximum atomic E-state index is 9.03. The van der Waals surface area contributed by atoms with Crippen LogP contribution in [0.1, 0.15) is 51.2 Å². The van der Waals surface area contributed by atoms with Crippen LogP contribution in [0.15, 0.2) is 24.3 Å². The summed E-state index contributed by atoms with van der Waals surface area (Å²) in [4.78, 5) is 0. The summed E-state index contributed by atoms with van der Waals surface area (Å²) in [5.74, 6) is 0.450. The molecule has 1 aliphatic rings. The number of nitrogens with zero attached hydrogens (tertiary/aromatic N) is 1. The van der Waals surface area contributed by atoms with Gasteiger partial charge < -0.3 is 0 Å². The summed E-state index contributed by atoms with van der Waals surface area (Å²) in [6.45, 7) is 8.71. The zero-order valence-electron chi connectivity index (χ0n) is 10.5. The molecule has 0 bridgehead atoms. The lowest BCUT2D eigenvalue weighted by atomic mass is 9.86. The molecule has 1 saturated carbocycles. The van der Waals surface area contributed by atoms with E-state index >= 15 is 0 Å². The van der Waals surface area contributed by atoms with E-state index in [4.69, 9.17) is 5.26 Å². The first-order valence-electron chi connectivity index (χ1n) is 5.88. The van der Waals surface area contributed by atoms with Crippen LogP contribution in [0, 0.1) is 16.7 Å². The first-order chi connectivity index (χ1) is 7.37. The second-order valence-electron chi connectivity index (χ2n) is 6.16. The average molecular weight is 213 g/mol. The zero-order valence-corrected chi connectivity index (χ0v) is 10.5. The maximum Gasteiger partial charge on any atom is 0.0693 e. The van der Waals surface area contributed by atoms with E-state index in [1.807, 2.05) is 0 Å². The van der Waals surface area contributed by atoms with Crippen LogP contribution in [0.2, 0.25) is 0 Å². The molecule has 2 atom stereocenters. The van der Waals surface area contributed by atoms with Crippen molar-refractivity contribution < 1.29 is 0 Å². The van der Waals surface area contributed by atoms with Crippen LogP contribution in [0.4, 0.5) is 0 Å². The number of nitriles is 1. The van der Waals surface area contributed by atoms with Gasteiger partial charge in [0.25, 0.3) is 0 Å². The van der Waals surface area contributed by atoms with Crippen LogP contribution >= 0.6 is 0 Å². The Balaban J connectivity index is 2.20. The average Bonchev–Trinajstić information content (AvgIpc) is 2.91.